The fraction of sp³-hybridized carbons (Fsp3) is 0.417. The van der Waals surface area contributed by atoms with Crippen LogP contribution in [0.3, 0.4) is 0 Å². The fourth-order valence-electron chi connectivity index (χ4n) is 5.02. The molecule has 32 heavy (non-hydrogen) atoms. The van der Waals surface area contributed by atoms with Gasteiger partial charge in [0.25, 0.3) is 5.91 Å². The van der Waals surface area contributed by atoms with Crippen LogP contribution in [0.25, 0.3) is 0 Å². The number of carbonyl (C=O) groups is 2. The van der Waals surface area contributed by atoms with Crippen molar-refractivity contribution >= 4 is 33.2 Å². The summed E-state index contributed by atoms with van der Waals surface area (Å²) >= 11 is 0. The van der Waals surface area contributed by atoms with E-state index in [1.807, 2.05) is 12.1 Å². The molecule has 2 amide bonds. The number of sulfonamides is 1. The zero-order valence-corrected chi connectivity index (χ0v) is 19.0. The van der Waals surface area contributed by atoms with Gasteiger partial charge in [0, 0.05) is 50.0 Å². The standard InChI is InChI=1S/C24H27N3O4S/c1-17(28)26-13-9-18-15-20(5-7-22(18)26)24(29)27-14-10-19-16-21(6-8-23(19)27)32(30,31)25-11-3-2-4-12-25/h5-8,15-16H,2-4,9-14H2,1H3. The van der Waals surface area contributed by atoms with Gasteiger partial charge in [0.2, 0.25) is 15.9 Å². The molecule has 0 unspecified atom stereocenters. The van der Waals surface area contributed by atoms with Crippen LogP contribution in [0.1, 0.15) is 47.7 Å². The van der Waals surface area contributed by atoms with Crippen LogP contribution in [0.5, 0.6) is 0 Å². The van der Waals surface area contributed by atoms with E-state index in [1.165, 1.54) is 0 Å². The molecule has 0 N–H and O–H groups in total. The van der Waals surface area contributed by atoms with Crippen molar-refractivity contribution in [2.24, 2.45) is 0 Å². The number of fused-ring (bicyclic) bond motifs is 2. The predicted octanol–water partition coefficient (Wildman–Crippen LogP) is 2.97. The molecule has 1 saturated heterocycles. The Morgan fingerprint density at radius 3 is 2.12 bits per heavy atom. The lowest BCUT2D eigenvalue weighted by Crippen LogP contribution is -2.35. The van der Waals surface area contributed by atoms with Crippen molar-refractivity contribution < 1.29 is 18.0 Å². The lowest BCUT2D eigenvalue weighted by Gasteiger charge is -2.26. The molecule has 3 heterocycles. The smallest absolute Gasteiger partial charge is 0.258 e. The fourth-order valence-corrected chi connectivity index (χ4v) is 6.59. The number of piperidine rings is 1. The van der Waals surface area contributed by atoms with Crippen LogP contribution >= 0.6 is 0 Å². The minimum absolute atomic E-state index is 0.00612. The molecule has 0 aliphatic carbocycles. The molecule has 0 spiro atoms. The van der Waals surface area contributed by atoms with E-state index in [0.29, 0.717) is 43.1 Å². The van der Waals surface area contributed by atoms with Gasteiger partial charge in [-0.1, -0.05) is 6.42 Å². The molecule has 0 saturated carbocycles. The SMILES string of the molecule is CC(=O)N1CCc2cc(C(=O)N3CCc4cc(S(=O)(=O)N5CCCCC5)ccc43)ccc21. The minimum atomic E-state index is -3.49. The molecule has 3 aliphatic rings. The first-order chi connectivity index (χ1) is 15.4. The third-order valence-electron chi connectivity index (χ3n) is 6.75. The quantitative estimate of drug-likeness (QED) is 0.716. The molecule has 5 rings (SSSR count). The minimum Gasteiger partial charge on any atom is -0.312 e. The van der Waals surface area contributed by atoms with Crippen molar-refractivity contribution in [1.82, 2.24) is 4.31 Å². The maximum absolute atomic E-state index is 13.3. The van der Waals surface area contributed by atoms with E-state index in [1.54, 1.807) is 45.3 Å². The molecule has 2 aromatic rings. The van der Waals surface area contributed by atoms with E-state index < -0.39 is 10.0 Å². The summed E-state index contributed by atoms with van der Waals surface area (Å²) in [5, 5.41) is 0. The van der Waals surface area contributed by atoms with Gasteiger partial charge in [-0.05, 0) is 73.2 Å². The highest BCUT2D eigenvalue weighted by Crippen LogP contribution is 2.34. The molecule has 2 aromatic carbocycles. The summed E-state index contributed by atoms with van der Waals surface area (Å²) in [7, 11) is -3.49. The summed E-state index contributed by atoms with van der Waals surface area (Å²) in [6.45, 7) is 3.86. The number of benzene rings is 2. The van der Waals surface area contributed by atoms with Crippen molar-refractivity contribution in [2.45, 2.75) is 43.9 Å². The second kappa shape index (κ2) is 8.01. The Morgan fingerprint density at radius 1 is 0.781 bits per heavy atom. The summed E-state index contributed by atoms with van der Waals surface area (Å²) in [5.74, 6) is -0.0916. The van der Waals surface area contributed by atoms with Crippen molar-refractivity contribution in [2.75, 3.05) is 36.0 Å². The number of carbonyl (C=O) groups excluding carboxylic acids is 2. The van der Waals surface area contributed by atoms with E-state index in [2.05, 4.69) is 0 Å². The molecule has 8 heteroatoms. The summed E-state index contributed by atoms with van der Waals surface area (Å²) in [6, 6.07) is 10.6. The third kappa shape index (κ3) is 3.51. The predicted molar refractivity (Wildman–Crippen MR) is 123 cm³/mol. The monoisotopic (exact) mass is 453 g/mol. The highest BCUT2D eigenvalue weighted by molar-refractivity contribution is 7.89. The van der Waals surface area contributed by atoms with Crippen molar-refractivity contribution in [3.8, 4) is 0 Å². The molecule has 1 fully saturated rings. The second-order valence-corrected chi connectivity index (χ2v) is 10.7. The van der Waals surface area contributed by atoms with Gasteiger partial charge in [-0.3, -0.25) is 9.59 Å². The van der Waals surface area contributed by atoms with Crippen LogP contribution in [-0.4, -0.2) is 50.7 Å². The lowest BCUT2D eigenvalue weighted by atomic mass is 10.1. The zero-order valence-electron chi connectivity index (χ0n) is 18.2. The van der Waals surface area contributed by atoms with E-state index in [0.717, 1.165) is 48.2 Å². The van der Waals surface area contributed by atoms with Crippen molar-refractivity contribution in [3.05, 3.63) is 53.1 Å². The van der Waals surface area contributed by atoms with E-state index >= 15 is 0 Å². The topological polar surface area (TPSA) is 78.0 Å². The maximum atomic E-state index is 13.3. The Bertz CT molecular complexity index is 1200. The van der Waals surface area contributed by atoms with Gasteiger partial charge in [-0.15, -0.1) is 0 Å². The Hall–Kier alpha value is -2.71. The third-order valence-corrected chi connectivity index (χ3v) is 8.64. The van der Waals surface area contributed by atoms with Crippen molar-refractivity contribution in [1.29, 1.82) is 0 Å². The largest absolute Gasteiger partial charge is 0.312 e. The average Bonchev–Trinajstić information content (AvgIpc) is 3.42. The van der Waals surface area contributed by atoms with Gasteiger partial charge in [0.15, 0.2) is 0 Å². The first kappa shape index (κ1) is 21.2. The second-order valence-electron chi connectivity index (χ2n) is 8.73. The molecule has 0 atom stereocenters. The Kier molecular flexibility index (Phi) is 5.29. The molecule has 0 radical (unpaired) electrons. The lowest BCUT2D eigenvalue weighted by molar-refractivity contribution is -0.116. The molecular weight excluding hydrogens is 426 g/mol. The van der Waals surface area contributed by atoms with Crippen molar-refractivity contribution in [3.63, 3.8) is 0 Å². The van der Waals surface area contributed by atoms with Gasteiger partial charge in [0.05, 0.1) is 4.90 Å². The van der Waals surface area contributed by atoms with Crippen LogP contribution in [-0.2, 0) is 27.7 Å². The number of hydrogen-bond donors (Lipinski definition) is 0. The average molecular weight is 454 g/mol. The van der Waals surface area contributed by atoms with Crippen LogP contribution < -0.4 is 9.80 Å². The summed E-state index contributed by atoms with van der Waals surface area (Å²) < 4.78 is 27.6. The van der Waals surface area contributed by atoms with Gasteiger partial charge in [-0.2, -0.15) is 4.31 Å². The van der Waals surface area contributed by atoms with Gasteiger partial charge in [0.1, 0.15) is 0 Å². The first-order valence-corrected chi connectivity index (χ1v) is 12.7. The number of amides is 2. The van der Waals surface area contributed by atoms with Gasteiger partial charge >= 0.3 is 0 Å². The molecule has 7 nitrogen and oxygen atoms in total. The van der Waals surface area contributed by atoms with Gasteiger partial charge in [-0.25, -0.2) is 8.42 Å². The number of rotatable bonds is 3. The number of nitrogens with zero attached hydrogens (tertiary/aromatic N) is 3. The maximum Gasteiger partial charge on any atom is 0.258 e. The molecular formula is C24H27N3O4S. The molecule has 0 aromatic heterocycles. The summed E-state index contributed by atoms with van der Waals surface area (Å²) in [4.78, 5) is 28.8. The first-order valence-electron chi connectivity index (χ1n) is 11.2. The van der Waals surface area contributed by atoms with E-state index in [9.17, 15) is 18.0 Å². The molecule has 3 aliphatic heterocycles. The van der Waals surface area contributed by atoms with Gasteiger partial charge < -0.3 is 9.80 Å². The highest BCUT2D eigenvalue weighted by atomic mass is 32.2. The number of hydrogen-bond acceptors (Lipinski definition) is 4. The van der Waals surface area contributed by atoms with Crippen LogP contribution in [0.15, 0.2) is 41.3 Å². The highest BCUT2D eigenvalue weighted by Gasteiger charge is 2.31. The van der Waals surface area contributed by atoms with E-state index in [4.69, 9.17) is 0 Å². The number of anilines is 2. The van der Waals surface area contributed by atoms with Crippen LogP contribution in [0, 0.1) is 0 Å². The zero-order chi connectivity index (χ0) is 22.5. The summed E-state index contributed by atoms with van der Waals surface area (Å²) in [6.07, 6.45) is 4.25. The normalized spacial score (nSPS) is 18.5. The Morgan fingerprint density at radius 2 is 1.41 bits per heavy atom. The molecule has 168 valence electrons. The Labute approximate surface area is 188 Å². The summed E-state index contributed by atoms with van der Waals surface area (Å²) in [5.41, 5.74) is 4.14. The van der Waals surface area contributed by atoms with Crippen LogP contribution in [0.2, 0.25) is 0 Å². The van der Waals surface area contributed by atoms with E-state index in [-0.39, 0.29) is 11.8 Å². The Balaban J connectivity index is 1.39. The molecule has 0 bridgehead atoms. The van der Waals surface area contributed by atoms with Crippen LogP contribution in [0.4, 0.5) is 11.4 Å².